The number of rotatable bonds is 4. The first-order valence-electron chi connectivity index (χ1n) is 3.78. The summed E-state index contributed by atoms with van der Waals surface area (Å²) >= 11 is 16.5. The fourth-order valence-electron chi connectivity index (χ4n) is 0.891. The number of hydrogen-bond donors (Lipinski definition) is 0. The maximum atomic E-state index is 11.6. The van der Waals surface area contributed by atoms with Gasteiger partial charge in [0.1, 0.15) is 4.90 Å². The van der Waals surface area contributed by atoms with E-state index in [2.05, 4.69) is 4.18 Å². The minimum atomic E-state index is -4.15. The fourth-order valence-corrected chi connectivity index (χ4v) is 3.83. The standard InChI is InChI=1S/C7H5Cl3O4PS/c8-5-2-1-3-6(9)7(5)16(12,13)14-4-15(10)11/h1-3H,4H2/q+1. The van der Waals surface area contributed by atoms with E-state index in [1.165, 1.54) is 18.2 Å². The van der Waals surface area contributed by atoms with Crippen molar-refractivity contribution in [2.45, 2.75) is 4.90 Å². The minimum Gasteiger partial charge on any atom is -0.215 e. The Morgan fingerprint density at radius 2 is 1.75 bits per heavy atom. The summed E-state index contributed by atoms with van der Waals surface area (Å²) in [6, 6.07) is 4.19. The van der Waals surface area contributed by atoms with Crippen LogP contribution in [-0.4, -0.2) is 14.8 Å². The lowest BCUT2D eigenvalue weighted by Gasteiger charge is -2.05. The molecule has 9 heteroatoms. The molecule has 1 aromatic rings. The van der Waals surface area contributed by atoms with Gasteiger partial charge in [-0.2, -0.15) is 8.42 Å². The topological polar surface area (TPSA) is 60.4 Å². The van der Waals surface area contributed by atoms with Crippen molar-refractivity contribution in [1.29, 1.82) is 0 Å². The molecular weight excluding hydrogens is 317 g/mol. The van der Waals surface area contributed by atoms with Gasteiger partial charge in [0.2, 0.25) is 11.2 Å². The van der Waals surface area contributed by atoms with Gasteiger partial charge in [-0.05, 0) is 16.7 Å². The van der Waals surface area contributed by atoms with Gasteiger partial charge in [-0.25, -0.2) is 4.18 Å². The molecule has 0 aromatic heterocycles. The van der Waals surface area contributed by atoms with Crippen molar-refractivity contribution in [2.75, 3.05) is 6.35 Å². The quantitative estimate of drug-likeness (QED) is 0.627. The third-order valence-corrected chi connectivity index (χ3v) is 4.50. The summed E-state index contributed by atoms with van der Waals surface area (Å²) in [7, 11) is -6.39. The Bertz CT molecular complexity index is 496. The second kappa shape index (κ2) is 5.63. The van der Waals surface area contributed by atoms with Gasteiger partial charge in [-0.1, -0.05) is 29.3 Å². The van der Waals surface area contributed by atoms with E-state index in [9.17, 15) is 13.0 Å². The fraction of sp³-hybridized carbons (Fsp3) is 0.143. The van der Waals surface area contributed by atoms with Crippen LogP contribution in [-0.2, 0) is 18.9 Å². The number of hydrogen-bond acceptors (Lipinski definition) is 4. The molecule has 0 bridgehead atoms. The van der Waals surface area contributed by atoms with Crippen LogP contribution >= 0.6 is 41.6 Å². The summed E-state index contributed by atoms with van der Waals surface area (Å²) in [6.45, 7) is 0. The monoisotopic (exact) mass is 321 g/mol. The van der Waals surface area contributed by atoms with E-state index in [1.807, 2.05) is 0 Å². The lowest BCUT2D eigenvalue weighted by molar-refractivity contribution is 0.373. The summed E-state index contributed by atoms with van der Waals surface area (Å²) in [5.74, 6) is 0. The Labute approximate surface area is 108 Å². The third kappa shape index (κ3) is 3.55. The second-order valence-electron chi connectivity index (χ2n) is 2.57. The average Bonchev–Trinajstić information content (AvgIpc) is 2.14. The van der Waals surface area contributed by atoms with Gasteiger partial charge >= 0.3 is 17.3 Å². The van der Waals surface area contributed by atoms with Gasteiger partial charge < -0.3 is 0 Å². The van der Waals surface area contributed by atoms with Gasteiger partial charge in [-0.3, -0.25) is 0 Å². The molecule has 0 saturated carbocycles. The van der Waals surface area contributed by atoms with Gasteiger partial charge in [0.15, 0.2) is 0 Å². The zero-order valence-electron chi connectivity index (χ0n) is 7.56. The van der Waals surface area contributed by atoms with Crippen LogP contribution in [0.25, 0.3) is 0 Å². The zero-order valence-corrected chi connectivity index (χ0v) is 11.5. The van der Waals surface area contributed by atoms with E-state index in [4.69, 9.17) is 34.4 Å². The smallest absolute Gasteiger partial charge is 0.215 e. The molecule has 1 aromatic carbocycles. The highest BCUT2D eigenvalue weighted by molar-refractivity contribution is 7.87. The van der Waals surface area contributed by atoms with Crippen molar-refractivity contribution >= 4 is 51.7 Å². The molecule has 0 heterocycles. The predicted octanol–water partition coefficient (Wildman–Crippen LogP) is 3.64. The molecule has 16 heavy (non-hydrogen) atoms. The van der Waals surface area contributed by atoms with Gasteiger partial charge in [0.05, 0.1) is 10.0 Å². The van der Waals surface area contributed by atoms with Gasteiger partial charge in [-0.15, -0.1) is 0 Å². The van der Waals surface area contributed by atoms with Crippen molar-refractivity contribution in [3.05, 3.63) is 28.2 Å². The molecule has 1 rings (SSSR count). The molecule has 1 unspecified atom stereocenters. The molecule has 0 fully saturated rings. The van der Waals surface area contributed by atoms with Crippen LogP contribution in [0.2, 0.25) is 10.0 Å². The maximum absolute atomic E-state index is 11.6. The average molecular weight is 323 g/mol. The van der Waals surface area contributed by atoms with Gasteiger partial charge in [0.25, 0.3) is 6.35 Å². The van der Waals surface area contributed by atoms with Crippen LogP contribution in [0.3, 0.4) is 0 Å². The normalized spacial score (nSPS) is 12.6. The van der Waals surface area contributed by atoms with Crippen molar-refractivity contribution < 1.29 is 17.2 Å². The summed E-state index contributed by atoms with van der Waals surface area (Å²) in [5, 5.41) is -0.144. The Morgan fingerprint density at radius 3 is 2.19 bits per heavy atom. The Hall–Kier alpha value is 0.1000. The molecule has 0 spiro atoms. The number of benzene rings is 1. The van der Waals surface area contributed by atoms with E-state index < -0.39 is 23.6 Å². The highest BCUT2D eigenvalue weighted by atomic mass is 35.7. The van der Waals surface area contributed by atoms with Crippen molar-refractivity contribution in [3.63, 3.8) is 0 Å². The molecule has 1 atom stereocenters. The van der Waals surface area contributed by atoms with Crippen LogP contribution in [0.4, 0.5) is 0 Å². The molecule has 0 N–H and O–H groups in total. The molecule has 0 amide bonds. The molecule has 0 aliphatic carbocycles. The van der Waals surface area contributed by atoms with Crippen LogP contribution in [0.5, 0.6) is 0 Å². The van der Waals surface area contributed by atoms with E-state index >= 15 is 0 Å². The summed E-state index contributed by atoms with van der Waals surface area (Å²) in [5.41, 5.74) is 0. The van der Waals surface area contributed by atoms with Crippen molar-refractivity contribution in [1.82, 2.24) is 0 Å². The van der Waals surface area contributed by atoms with Crippen LogP contribution in [0.1, 0.15) is 0 Å². The van der Waals surface area contributed by atoms with E-state index in [-0.39, 0.29) is 14.9 Å². The summed E-state index contributed by atoms with van der Waals surface area (Å²) in [6.07, 6.45) is -0.624. The predicted molar refractivity (Wildman–Crippen MR) is 63.1 cm³/mol. The molecule has 0 radical (unpaired) electrons. The van der Waals surface area contributed by atoms with Crippen LogP contribution < -0.4 is 0 Å². The zero-order chi connectivity index (χ0) is 12.3. The molecule has 88 valence electrons. The third-order valence-electron chi connectivity index (χ3n) is 1.48. The van der Waals surface area contributed by atoms with Crippen molar-refractivity contribution in [2.24, 2.45) is 0 Å². The Morgan fingerprint density at radius 1 is 1.25 bits per heavy atom. The molecule has 0 saturated heterocycles. The molecule has 0 aliphatic heterocycles. The van der Waals surface area contributed by atoms with Gasteiger partial charge in [0, 0.05) is 0 Å². The summed E-state index contributed by atoms with van der Waals surface area (Å²) in [4.78, 5) is -0.355. The first-order valence-corrected chi connectivity index (χ1v) is 8.30. The first kappa shape index (κ1) is 14.2. The molecule has 4 nitrogen and oxygen atoms in total. The highest BCUT2D eigenvalue weighted by Crippen LogP contribution is 2.33. The first-order chi connectivity index (χ1) is 7.34. The van der Waals surface area contributed by atoms with E-state index in [0.29, 0.717) is 0 Å². The highest BCUT2D eigenvalue weighted by Gasteiger charge is 2.26. The maximum Gasteiger partial charge on any atom is 0.484 e. The van der Waals surface area contributed by atoms with Crippen LogP contribution in [0.15, 0.2) is 23.1 Å². The molecular formula is C7H5Cl3O4PS+. The lowest BCUT2D eigenvalue weighted by Crippen LogP contribution is -2.07. The second-order valence-corrected chi connectivity index (χ2v) is 6.96. The summed E-state index contributed by atoms with van der Waals surface area (Å²) < 4.78 is 38.2. The van der Waals surface area contributed by atoms with Crippen molar-refractivity contribution in [3.8, 4) is 0 Å². The Balaban J connectivity index is 3.12. The Kier molecular flexibility index (Phi) is 4.98. The lowest BCUT2D eigenvalue weighted by atomic mass is 10.4. The molecule has 0 aliphatic rings. The van der Waals surface area contributed by atoms with E-state index in [0.717, 1.165) is 0 Å². The van der Waals surface area contributed by atoms with E-state index in [1.54, 1.807) is 0 Å². The largest absolute Gasteiger partial charge is 0.484 e. The SMILES string of the molecule is O=[P+](Cl)COS(=O)(=O)c1c(Cl)cccc1Cl. The number of halogens is 3. The minimum absolute atomic E-state index is 0.0719. The van der Waals surface area contributed by atoms with Crippen LogP contribution in [0, 0.1) is 0 Å².